The molecule has 0 aromatic carbocycles. The van der Waals surface area contributed by atoms with Gasteiger partial charge in [0.05, 0.1) is 6.33 Å². The van der Waals surface area contributed by atoms with Crippen LogP contribution in [0.2, 0.25) is 0 Å². The molecule has 6 heteroatoms. The summed E-state index contributed by atoms with van der Waals surface area (Å²) in [5.41, 5.74) is 0.399. The second-order valence-electron chi connectivity index (χ2n) is 3.28. The number of hydrogen-bond donors (Lipinski definition) is 1. The van der Waals surface area contributed by atoms with E-state index in [9.17, 15) is 9.59 Å². The maximum absolute atomic E-state index is 11.8. The zero-order valence-electron chi connectivity index (χ0n) is 9.73. The number of aryl methyl sites for hydroxylation is 1. The van der Waals surface area contributed by atoms with E-state index in [1.807, 2.05) is 13.8 Å². The van der Waals surface area contributed by atoms with Crippen LogP contribution >= 0.6 is 0 Å². The fourth-order valence-corrected chi connectivity index (χ4v) is 1.41. The molecule has 1 heterocycles. The van der Waals surface area contributed by atoms with Gasteiger partial charge in [0, 0.05) is 20.1 Å². The minimum Gasteiger partial charge on any atom is -0.351 e. The number of carbonyl (C=O) groups excluding carboxylic acids is 2. The van der Waals surface area contributed by atoms with Gasteiger partial charge in [0.25, 0.3) is 5.91 Å². The summed E-state index contributed by atoms with van der Waals surface area (Å²) in [5, 5.41) is 2.69. The molecule has 1 N–H and O–H groups in total. The molecule has 0 saturated carbocycles. The van der Waals surface area contributed by atoms with Gasteiger partial charge in [-0.05, 0) is 13.8 Å². The summed E-state index contributed by atoms with van der Waals surface area (Å²) >= 11 is 0. The zero-order chi connectivity index (χ0) is 12.1. The molecule has 1 aromatic rings. The second kappa shape index (κ2) is 5.29. The van der Waals surface area contributed by atoms with Crippen LogP contribution in [0, 0.1) is 0 Å². The Bertz CT molecular complexity index is 386. The number of imidazole rings is 1. The Kier molecular flexibility index (Phi) is 4.04. The van der Waals surface area contributed by atoms with E-state index in [0.29, 0.717) is 31.0 Å². The molecule has 2 amide bonds. The van der Waals surface area contributed by atoms with Gasteiger partial charge in [-0.3, -0.25) is 14.5 Å². The third-order valence-electron chi connectivity index (χ3n) is 2.21. The van der Waals surface area contributed by atoms with Gasteiger partial charge >= 0.3 is 0 Å². The van der Waals surface area contributed by atoms with E-state index >= 15 is 0 Å². The van der Waals surface area contributed by atoms with E-state index in [4.69, 9.17) is 0 Å². The van der Waals surface area contributed by atoms with Crippen molar-refractivity contribution >= 4 is 18.1 Å². The van der Waals surface area contributed by atoms with Gasteiger partial charge in [-0.25, -0.2) is 4.98 Å². The molecule has 0 radical (unpaired) electrons. The van der Waals surface area contributed by atoms with E-state index in [-0.39, 0.29) is 5.91 Å². The lowest BCUT2D eigenvalue weighted by Gasteiger charge is -2.14. The Labute approximate surface area is 94.3 Å². The molecule has 88 valence electrons. The van der Waals surface area contributed by atoms with Gasteiger partial charge in [0.15, 0.2) is 11.5 Å². The molecule has 0 aliphatic rings. The number of nitrogens with one attached hydrogen (secondary N) is 1. The lowest BCUT2D eigenvalue weighted by atomic mass is 10.3. The van der Waals surface area contributed by atoms with Crippen molar-refractivity contribution in [2.75, 3.05) is 18.0 Å². The zero-order valence-corrected chi connectivity index (χ0v) is 9.73. The summed E-state index contributed by atoms with van der Waals surface area (Å²) < 4.78 is 1.60. The number of rotatable bonds is 5. The molecule has 16 heavy (non-hydrogen) atoms. The molecule has 0 aliphatic heterocycles. The van der Waals surface area contributed by atoms with Gasteiger partial charge in [0.2, 0.25) is 6.41 Å². The number of anilines is 1. The fraction of sp³-hybridized carbons (Fsp3) is 0.500. The van der Waals surface area contributed by atoms with E-state index in [0.717, 1.165) is 0 Å². The first-order valence-electron chi connectivity index (χ1n) is 5.17. The number of amides is 2. The lowest BCUT2D eigenvalue weighted by Crippen LogP contribution is -2.29. The van der Waals surface area contributed by atoms with Crippen LogP contribution in [0.4, 0.5) is 5.82 Å². The molecule has 0 fully saturated rings. The maximum Gasteiger partial charge on any atom is 0.271 e. The summed E-state index contributed by atoms with van der Waals surface area (Å²) in [6.07, 6.45) is 2.19. The molecule has 0 bridgehead atoms. The van der Waals surface area contributed by atoms with Crippen LogP contribution in [-0.4, -0.2) is 35.0 Å². The Balaban J connectivity index is 3.11. The Morgan fingerprint density at radius 1 is 1.62 bits per heavy atom. The maximum atomic E-state index is 11.8. The molecule has 1 rings (SSSR count). The van der Waals surface area contributed by atoms with Crippen molar-refractivity contribution < 1.29 is 9.59 Å². The Morgan fingerprint density at radius 2 is 2.31 bits per heavy atom. The Morgan fingerprint density at radius 3 is 2.81 bits per heavy atom. The van der Waals surface area contributed by atoms with Crippen LogP contribution in [0.25, 0.3) is 0 Å². The third kappa shape index (κ3) is 2.21. The predicted molar refractivity (Wildman–Crippen MR) is 60.3 cm³/mol. The van der Waals surface area contributed by atoms with Crippen LogP contribution in [0.5, 0.6) is 0 Å². The van der Waals surface area contributed by atoms with Gasteiger partial charge in [-0.1, -0.05) is 0 Å². The van der Waals surface area contributed by atoms with E-state index < -0.39 is 0 Å². The average molecular weight is 224 g/mol. The van der Waals surface area contributed by atoms with Crippen molar-refractivity contribution in [3.8, 4) is 0 Å². The summed E-state index contributed by atoms with van der Waals surface area (Å²) in [4.78, 5) is 28.0. The summed E-state index contributed by atoms with van der Waals surface area (Å²) in [6, 6.07) is 0. The molecule has 1 aromatic heterocycles. The highest BCUT2D eigenvalue weighted by Gasteiger charge is 2.20. The van der Waals surface area contributed by atoms with Crippen molar-refractivity contribution in [1.29, 1.82) is 0 Å². The van der Waals surface area contributed by atoms with E-state index in [2.05, 4.69) is 10.3 Å². The van der Waals surface area contributed by atoms with Crippen molar-refractivity contribution in [3.63, 3.8) is 0 Å². The van der Waals surface area contributed by atoms with Crippen molar-refractivity contribution in [2.45, 2.75) is 13.8 Å². The number of aromatic nitrogens is 2. The van der Waals surface area contributed by atoms with Gasteiger partial charge < -0.3 is 9.88 Å². The standard InChI is InChI=1S/C10H16N4O2/c1-4-11-10(16)8-9(12-6-13(8)3)14(5-2)7-15/h6-7H,4-5H2,1-3H3,(H,11,16). The molecule has 0 spiro atoms. The topological polar surface area (TPSA) is 67.2 Å². The van der Waals surface area contributed by atoms with Gasteiger partial charge in [-0.2, -0.15) is 0 Å². The SMILES string of the molecule is CCNC(=O)c1c(N(C=O)CC)ncn1C. The minimum atomic E-state index is -0.224. The average Bonchev–Trinajstić information content (AvgIpc) is 2.63. The first kappa shape index (κ1) is 12.2. The number of carbonyl (C=O) groups is 2. The van der Waals surface area contributed by atoms with E-state index in [1.54, 1.807) is 11.6 Å². The lowest BCUT2D eigenvalue weighted by molar-refractivity contribution is -0.107. The molecular weight excluding hydrogens is 208 g/mol. The third-order valence-corrected chi connectivity index (χ3v) is 2.21. The molecule has 0 aliphatic carbocycles. The number of hydrogen-bond acceptors (Lipinski definition) is 3. The van der Waals surface area contributed by atoms with Crippen LogP contribution < -0.4 is 10.2 Å². The fourth-order valence-electron chi connectivity index (χ4n) is 1.41. The van der Waals surface area contributed by atoms with E-state index in [1.165, 1.54) is 11.2 Å². The molecular formula is C10H16N4O2. The summed E-state index contributed by atoms with van der Waals surface area (Å²) in [6.45, 7) is 4.68. The van der Waals surface area contributed by atoms with Crippen molar-refractivity contribution in [3.05, 3.63) is 12.0 Å². The van der Waals surface area contributed by atoms with Gasteiger partial charge in [0.1, 0.15) is 0 Å². The highest BCUT2D eigenvalue weighted by atomic mass is 16.2. The highest BCUT2D eigenvalue weighted by molar-refractivity contribution is 5.99. The first-order valence-corrected chi connectivity index (χ1v) is 5.17. The Hall–Kier alpha value is -1.85. The summed E-state index contributed by atoms with van der Waals surface area (Å²) in [7, 11) is 1.72. The van der Waals surface area contributed by atoms with Crippen LogP contribution in [0.3, 0.4) is 0 Å². The summed E-state index contributed by atoms with van der Waals surface area (Å²) in [5.74, 6) is 0.170. The molecule has 0 unspecified atom stereocenters. The van der Waals surface area contributed by atoms with Crippen molar-refractivity contribution in [2.24, 2.45) is 7.05 Å². The largest absolute Gasteiger partial charge is 0.351 e. The monoisotopic (exact) mass is 224 g/mol. The van der Waals surface area contributed by atoms with Crippen molar-refractivity contribution in [1.82, 2.24) is 14.9 Å². The van der Waals surface area contributed by atoms with Crippen LogP contribution in [0.1, 0.15) is 24.3 Å². The molecule has 6 nitrogen and oxygen atoms in total. The predicted octanol–water partition coefficient (Wildman–Crippen LogP) is 0.152. The first-order chi connectivity index (χ1) is 7.65. The number of nitrogens with zero attached hydrogens (tertiary/aromatic N) is 3. The van der Waals surface area contributed by atoms with Crippen LogP contribution in [-0.2, 0) is 11.8 Å². The smallest absolute Gasteiger partial charge is 0.271 e. The normalized spacial score (nSPS) is 9.94. The van der Waals surface area contributed by atoms with Crippen LogP contribution in [0.15, 0.2) is 6.33 Å². The minimum absolute atomic E-state index is 0.224. The molecule has 0 atom stereocenters. The second-order valence-corrected chi connectivity index (χ2v) is 3.28. The highest BCUT2D eigenvalue weighted by Crippen LogP contribution is 2.16. The quantitative estimate of drug-likeness (QED) is 0.724. The van der Waals surface area contributed by atoms with Gasteiger partial charge in [-0.15, -0.1) is 0 Å². The molecule has 0 saturated heterocycles.